The van der Waals surface area contributed by atoms with Crippen LogP contribution in [0.15, 0.2) is 54.1 Å². The number of rotatable bonds is 15. The lowest BCUT2D eigenvalue weighted by molar-refractivity contribution is -0.140. The van der Waals surface area contributed by atoms with Crippen LogP contribution in [-0.2, 0) is 9.59 Å². The van der Waals surface area contributed by atoms with E-state index in [1.165, 1.54) is 0 Å². The Labute approximate surface area is 227 Å². The van der Waals surface area contributed by atoms with E-state index >= 15 is 0 Å². The normalized spacial score (nSPS) is 16.9. The molecule has 7 nitrogen and oxygen atoms in total. The molecule has 1 atom stereocenters. The predicted octanol–water partition coefficient (Wildman–Crippen LogP) is 5.81. The fourth-order valence-corrected chi connectivity index (χ4v) is 4.62. The molecule has 1 N–H and O–H groups in total. The van der Waals surface area contributed by atoms with Gasteiger partial charge in [0, 0.05) is 18.7 Å². The number of Topliss-reactive ketones (excluding diaryl/α,β-unsaturated/α-hetero) is 1. The Kier molecular flexibility index (Phi) is 11.2. The van der Waals surface area contributed by atoms with Gasteiger partial charge in [0.1, 0.15) is 17.3 Å². The number of amides is 1. The third-order valence-electron chi connectivity index (χ3n) is 6.90. The number of hydrogen-bond acceptors (Lipinski definition) is 6. The Bertz CT molecular complexity index is 1070. The number of nitrogens with zero attached hydrogens (tertiary/aromatic N) is 2. The zero-order valence-electron chi connectivity index (χ0n) is 23.2. The summed E-state index contributed by atoms with van der Waals surface area (Å²) >= 11 is 0. The first kappa shape index (κ1) is 29.2. The number of ether oxygens (including phenoxy) is 2. The van der Waals surface area contributed by atoms with Crippen molar-refractivity contribution in [3.8, 4) is 11.5 Å². The highest BCUT2D eigenvalue weighted by Crippen LogP contribution is 2.40. The molecule has 1 unspecified atom stereocenters. The molecule has 1 aliphatic rings. The first-order valence-electron chi connectivity index (χ1n) is 13.9. The first-order valence-corrected chi connectivity index (χ1v) is 13.9. The summed E-state index contributed by atoms with van der Waals surface area (Å²) in [7, 11) is 0. The van der Waals surface area contributed by atoms with E-state index in [1.807, 2.05) is 31.2 Å². The van der Waals surface area contributed by atoms with Crippen LogP contribution in [0.1, 0.15) is 70.5 Å². The van der Waals surface area contributed by atoms with Gasteiger partial charge in [-0.05, 0) is 67.9 Å². The molecule has 7 heteroatoms. The molecular weight excluding hydrogens is 480 g/mol. The minimum absolute atomic E-state index is 0.105. The van der Waals surface area contributed by atoms with Crippen molar-refractivity contribution in [3.63, 3.8) is 0 Å². The molecule has 3 rings (SSSR count). The molecule has 206 valence electrons. The molecule has 0 spiro atoms. The molecule has 0 saturated carbocycles. The molecule has 2 aromatic carbocycles. The molecule has 1 aliphatic heterocycles. The average molecular weight is 523 g/mol. The molecule has 0 aliphatic carbocycles. The number of likely N-dealkylation sites (N-methyl/N-ethyl adjacent to an activating group) is 1. The van der Waals surface area contributed by atoms with Crippen molar-refractivity contribution in [2.45, 2.75) is 59.4 Å². The van der Waals surface area contributed by atoms with Gasteiger partial charge in [0.25, 0.3) is 11.7 Å². The second kappa shape index (κ2) is 14.6. The van der Waals surface area contributed by atoms with Gasteiger partial charge in [0.2, 0.25) is 0 Å². The number of carbonyl (C=O) groups excluding carboxylic acids is 2. The summed E-state index contributed by atoms with van der Waals surface area (Å²) in [5.41, 5.74) is 1.33. The minimum atomic E-state index is -0.685. The van der Waals surface area contributed by atoms with Crippen molar-refractivity contribution in [3.05, 3.63) is 65.2 Å². The Morgan fingerprint density at radius 2 is 1.45 bits per heavy atom. The summed E-state index contributed by atoms with van der Waals surface area (Å²) in [6.45, 7) is 12.3. The van der Waals surface area contributed by atoms with Crippen molar-refractivity contribution in [1.29, 1.82) is 0 Å². The van der Waals surface area contributed by atoms with Crippen LogP contribution in [0.2, 0.25) is 0 Å². The van der Waals surface area contributed by atoms with Gasteiger partial charge in [0.05, 0.1) is 24.8 Å². The maximum Gasteiger partial charge on any atom is 0.295 e. The van der Waals surface area contributed by atoms with Crippen LogP contribution < -0.4 is 9.47 Å². The maximum absolute atomic E-state index is 13.3. The molecular formula is C31H42N2O5. The second-order valence-corrected chi connectivity index (χ2v) is 9.52. The molecule has 1 amide bonds. The van der Waals surface area contributed by atoms with Gasteiger partial charge in [-0.3, -0.25) is 9.59 Å². The van der Waals surface area contributed by atoms with Crippen LogP contribution in [0, 0.1) is 0 Å². The van der Waals surface area contributed by atoms with Gasteiger partial charge in [-0.1, -0.05) is 52.7 Å². The lowest BCUT2D eigenvalue weighted by atomic mass is 9.95. The van der Waals surface area contributed by atoms with Crippen LogP contribution in [0.4, 0.5) is 0 Å². The Balaban J connectivity index is 1.95. The van der Waals surface area contributed by atoms with E-state index in [0.29, 0.717) is 37.6 Å². The fraction of sp³-hybridized carbons (Fsp3) is 0.484. The molecule has 38 heavy (non-hydrogen) atoms. The van der Waals surface area contributed by atoms with Gasteiger partial charge >= 0.3 is 0 Å². The van der Waals surface area contributed by atoms with E-state index in [0.717, 1.165) is 50.1 Å². The largest absolute Gasteiger partial charge is 0.507 e. The Morgan fingerprint density at radius 1 is 0.842 bits per heavy atom. The van der Waals surface area contributed by atoms with E-state index in [1.54, 1.807) is 29.2 Å². The second-order valence-electron chi connectivity index (χ2n) is 9.52. The lowest BCUT2D eigenvalue weighted by Gasteiger charge is -2.28. The van der Waals surface area contributed by atoms with E-state index in [9.17, 15) is 14.7 Å². The summed E-state index contributed by atoms with van der Waals surface area (Å²) in [5, 5.41) is 11.3. The number of aliphatic hydroxyl groups excluding tert-OH is 1. The lowest BCUT2D eigenvalue weighted by Crippen LogP contribution is -2.38. The topological polar surface area (TPSA) is 79.3 Å². The number of aliphatic hydroxyl groups is 1. The van der Waals surface area contributed by atoms with Crippen LogP contribution in [0.3, 0.4) is 0 Å². The molecule has 1 saturated heterocycles. The SMILES string of the molecule is CCCCCOc1ccc(C2/C(=C(\O)c3ccc(OCCC)cc3)C(=O)C(=O)N2CCN(CC)CC)cc1. The van der Waals surface area contributed by atoms with Crippen molar-refractivity contribution >= 4 is 17.4 Å². The minimum Gasteiger partial charge on any atom is -0.507 e. The number of hydrogen-bond donors (Lipinski definition) is 1. The van der Waals surface area contributed by atoms with E-state index in [2.05, 4.69) is 25.7 Å². The smallest absolute Gasteiger partial charge is 0.295 e. The monoisotopic (exact) mass is 522 g/mol. The summed E-state index contributed by atoms with van der Waals surface area (Å²) in [5.74, 6) is -0.00728. The summed E-state index contributed by atoms with van der Waals surface area (Å²) in [4.78, 5) is 30.3. The van der Waals surface area contributed by atoms with Gasteiger partial charge < -0.3 is 24.4 Å². The number of carbonyl (C=O) groups is 2. The molecule has 0 radical (unpaired) electrons. The van der Waals surface area contributed by atoms with Crippen LogP contribution in [0.25, 0.3) is 5.76 Å². The summed E-state index contributed by atoms with van der Waals surface area (Å²) < 4.78 is 11.5. The van der Waals surface area contributed by atoms with E-state index < -0.39 is 17.7 Å². The number of unbranched alkanes of at least 4 members (excludes halogenated alkanes) is 2. The average Bonchev–Trinajstić information content (AvgIpc) is 3.20. The van der Waals surface area contributed by atoms with Gasteiger partial charge in [-0.2, -0.15) is 0 Å². The van der Waals surface area contributed by atoms with E-state index in [-0.39, 0.29) is 11.3 Å². The number of benzene rings is 2. The zero-order chi connectivity index (χ0) is 27.5. The van der Waals surface area contributed by atoms with Crippen molar-refractivity contribution < 1.29 is 24.2 Å². The van der Waals surface area contributed by atoms with Crippen molar-refractivity contribution in [1.82, 2.24) is 9.80 Å². The molecule has 1 heterocycles. The van der Waals surface area contributed by atoms with Gasteiger partial charge in [-0.25, -0.2) is 0 Å². The standard InChI is InChI=1S/C31H42N2O5/c1-5-9-10-22-38-26-15-11-23(12-16-26)28-27(29(34)24-13-17-25(18-14-24)37-21-6-2)30(35)31(36)33(28)20-19-32(7-3)8-4/h11-18,28,34H,5-10,19-22H2,1-4H3/b29-27+. The van der Waals surface area contributed by atoms with Crippen molar-refractivity contribution in [2.75, 3.05) is 39.4 Å². The Hall–Kier alpha value is -3.32. The summed E-state index contributed by atoms with van der Waals surface area (Å²) in [6, 6.07) is 13.8. The van der Waals surface area contributed by atoms with Gasteiger partial charge in [0.15, 0.2) is 0 Å². The van der Waals surface area contributed by atoms with Crippen molar-refractivity contribution in [2.24, 2.45) is 0 Å². The molecule has 1 fully saturated rings. The third kappa shape index (κ3) is 7.16. The molecule has 0 bridgehead atoms. The number of likely N-dealkylation sites (tertiary alicyclic amines) is 1. The highest BCUT2D eigenvalue weighted by Gasteiger charge is 2.46. The molecule has 2 aromatic rings. The predicted molar refractivity (Wildman–Crippen MR) is 150 cm³/mol. The maximum atomic E-state index is 13.3. The zero-order valence-corrected chi connectivity index (χ0v) is 23.2. The van der Waals surface area contributed by atoms with Crippen LogP contribution >= 0.6 is 0 Å². The van der Waals surface area contributed by atoms with Crippen LogP contribution in [0.5, 0.6) is 11.5 Å². The molecule has 0 aromatic heterocycles. The fourth-order valence-electron chi connectivity index (χ4n) is 4.62. The summed E-state index contributed by atoms with van der Waals surface area (Å²) in [6.07, 6.45) is 4.13. The van der Waals surface area contributed by atoms with E-state index in [4.69, 9.17) is 9.47 Å². The highest BCUT2D eigenvalue weighted by molar-refractivity contribution is 6.46. The van der Waals surface area contributed by atoms with Crippen LogP contribution in [-0.4, -0.2) is 66.0 Å². The Morgan fingerprint density at radius 3 is 2.03 bits per heavy atom. The van der Waals surface area contributed by atoms with Gasteiger partial charge in [-0.15, -0.1) is 0 Å². The quantitative estimate of drug-likeness (QED) is 0.138. The third-order valence-corrected chi connectivity index (χ3v) is 6.90. The highest BCUT2D eigenvalue weighted by atomic mass is 16.5. The first-order chi connectivity index (χ1) is 18.4. The number of ketones is 1.